The molecule has 0 fully saturated rings. The second-order valence-corrected chi connectivity index (χ2v) is 4.65. The van der Waals surface area contributed by atoms with Crippen LogP contribution < -0.4 is 5.32 Å². The molecule has 1 aromatic carbocycles. The number of alkyl halides is 1. The van der Waals surface area contributed by atoms with Crippen molar-refractivity contribution >= 4 is 44.2 Å². The molecule has 0 aliphatic rings. The first-order chi connectivity index (χ1) is 7.72. The van der Waals surface area contributed by atoms with E-state index in [2.05, 4.69) is 29.4 Å². The summed E-state index contributed by atoms with van der Waals surface area (Å²) in [6.45, 7) is 2.11. The normalized spacial score (nSPS) is 10.6. The zero-order valence-electron chi connectivity index (χ0n) is 8.79. The molecule has 0 bridgehead atoms. The Morgan fingerprint density at radius 3 is 3.06 bits per heavy atom. The van der Waals surface area contributed by atoms with E-state index in [9.17, 15) is 4.79 Å². The molecule has 0 unspecified atom stereocenters. The van der Waals surface area contributed by atoms with E-state index in [0.29, 0.717) is 5.13 Å². The van der Waals surface area contributed by atoms with Crippen LogP contribution in [0.15, 0.2) is 18.2 Å². The van der Waals surface area contributed by atoms with E-state index in [4.69, 9.17) is 11.6 Å². The zero-order chi connectivity index (χ0) is 11.5. The number of hydrogen-bond donors (Lipinski definition) is 1. The number of carbonyl (C=O) groups is 1. The third-order valence-electron chi connectivity index (χ3n) is 2.23. The standard InChI is InChI=1S/C11H11ClN2OS/c1-2-7-3-4-8-9(5-7)16-11(13-8)14-10(15)6-12/h3-5H,2,6H2,1H3,(H,13,14,15). The minimum atomic E-state index is -0.226. The number of anilines is 1. The lowest BCUT2D eigenvalue weighted by atomic mass is 10.2. The van der Waals surface area contributed by atoms with Gasteiger partial charge in [0.2, 0.25) is 5.91 Å². The summed E-state index contributed by atoms with van der Waals surface area (Å²) in [5, 5.41) is 3.26. The molecular formula is C11H11ClN2OS. The van der Waals surface area contributed by atoms with Gasteiger partial charge in [0.05, 0.1) is 10.2 Å². The van der Waals surface area contributed by atoms with Crippen LogP contribution in [0.5, 0.6) is 0 Å². The molecule has 3 nitrogen and oxygen atoms in total. The number of nitrogens with one attached hydrogen (secondary N) is 1. The molecule has 0 saturated heterocycles. The highest BCUT2D eigenvalue weighted by Gasteiger charge is 2.06. The number of nitrogens with zero attached hydrogens (tertiary/aromatic N) is 1. The van der Waals surface area contributed by atoms with Crippen molar-refractivity contribution in [2.75, 3.05) is 11.2 Å². The molecule has 0 saturated carbocycles. The smallest absolute Gasteiger partial charge is 0.241 e. The fourth-order valence-corrected chi connectivity index (χ4v) is 2.41. The molecule has 16 heavy (non-hydrogen) atoms. The molecule has 1 amide bonds. The summed E-state index contributed by atoms with van der Waals surface area (Å²) in [5.74, 6) is -0.271. The van der Waals surface area contributed by atoms with Gasteiger partial charge in [0.1, 0.15) is 5.88 Å². The van der Waals surface area contributed by atoms with E-state index in [1.165, 1.54) is 16.9 Å². The maximum atomic E-state index is 11.1. The van der Waals surface area contributed by atoms with Gasteiger partial charge >= 0.3 is 0 Å². The first-order valence-corrected chi connectivity index (χ1v) is 6.33. The van der Waals surface area contributed by atoms with Crippen molar-refractivity contribution < 1.29 is 4.79 Å². The van der Waals surface area contributed by atoms with Crippen LogP contribution in [0.1, 0.15) is 12.5 Å². The molecule has 0 aliphatic heterocycles. The summed E-state index contributed by atoms with van der Waals surface area (Å²) in [4.78, 5) is 15.4. The van der Waals surface area contributed by atoms with Crippen LogP contribution in [0.2, 0.25) is 0 Å². The Morgan fingerprint density at radius 1 is 1.56 bits per heavy atom. The van der Waals surface area contributed by atoms with Crippen LogP contribution in [0.25, 0.3) is 10.2 Å². The first-order valence-electron chi connectivity index (χ1n) is 4.98. The molecule has 0 aliphatic carbocycles. The monoisotopic (exact) mass is 254 g/mol. The van der Waals surface area contributed by atoms with Crippen molar-refractivity contribution in [3.63, 3.8) is 0 Å². The number of fused-ring (bicyclic) bond motifs is 1. The van der Waals surface area contributed by atoms with E-state index in [1.807, 2.05) is 6.07 Å². The topological polar surface area (TPSA) is 42.0 Å². The summed E-state index contributed by atoms with van der Waals surface area (Å²) >= 11 is 6.88. The highest BCUT2D eigenvalue weighted by molar-refractivity contribution is 7.22. The number of aromatic nitrogens is 1. The lowest BCUT2D eigenvalue weighted by molar-refractivity contribution is -0.113. The number of aryl methyl sites for hydroxylation is 1. The first kappa shape index (κ1) is 11.4. The Hall–Kier alpha value is -1.13. The van der Waals surface area contributed by atoms with Crippen molar-refractivity contribution in [2.24, 2.45) is 0 Å². The number of hydrogen-bond acceptors (Lipinski definition) is 3. The van der Waals surface area contributed by atoms with Crippen molar-refractivity contribution in [3.8, 4) is 0 Å². The summed E-state index contributed by atoms with van der Waals surface area (Å²) in [5.41, 5.74) is 2.18. The fourth-order valence-electron chi connectivity index (χ4n) is 1.40. The van der Waals surface area contributed by atoms with Gasteiger partial charge < -0.3 is 5.32 Å². The van der Waals surface area contributed by atoms with Crippen LogP contribution in [-0.2, 0) is 11.2 Å². The van der Waals surface area contributed by atoms with Gasteiger partial charge in [-0.3, -0.25) is 4.79 Å². The molecule has 0 radical (unpaired) electrons. The second kappa shape index (κ2) is 4.80. The minimum Gasteiger partial charge on any atom is -0.301 e. The summed E-state index contributed by atoms with van der Waals surface area (Å²) in [7, 11) is 0. The number of halogens is 1. The van der Waals surface area contributed by atoms with Gasteiger partial charge in [0.15, 0.2) is 5.13 Å². The summed E-state index contributed by atoms with van der Waals surface area (Å²) in [6, 6.07) is 6.12. The lowest BCUT2D eigenvalue weighted by Crippen LogP contribution is -2.11. The van der Waals surface area contributed by atoms with Crippen LogP contribution in [0.3, 0.4) is 0 Å². The largest absolute Gasteiger partial charge is 0.301 e. The Balaban J connectivity index is 2.32. The Kier molecular flexibility index (Phi) is 3.41. The lowest BCUT2D eigenvalue weighted by Gasteiger charge is -1.94. The van der Waals surface area contributed by atoms with E-state index in [-0.39, 0.29) is 11.8 Å². The number of amides is 1. The van der Waals surface area contributed by atoms with Crippen molar-refractivity contribution in [2.45, 2.75) is 13.3 Å². The second-order valence-electron chi connectivity index (χ2n) is 3.36. The molecule has 0 spiro atoms. The summed E-state index contributed by atoms with van der Waals surface area (Å²) < 4.78 is 1.09. The molecule has 0 atom stereocenters. The summed E-state index contributed by atoms with van der Waals surface area (Å²) in [6.07, 6.45) is 0.997. The molecule has 5 heteroatoms. The molecule has 84 valence electrons. The van der Waals surface area contributed by atoms with Gasteiger partial charge in [-0.2, -0.15) is 0 Å². The molecule has 1 N–H and O–H groups in total. The van der Waals surface area contributed by atoms with Gasteiger partial charge in [-0.05, 0) is 24.1 Å². The van der Waals surface area contributed by atoms with Crippen LogP contribution in [0, 0.1) is 0 Å². The average Bonchev–Trinajstić information content (AvgIpc) is 2.69. The van der Waals surface area contributed by atoms with Gasteiger partial charge in [-0.1, -0.05) is 24.3 Å². The van der Waals surface area contributed by atoms with Crippen LogP contribution in [0.4, 0.5) is 5.13 Å². The highest BCUT2D eigenvalue weighted by atomic mass is 35.5. The minimum absolute atomic E-state index is 0.0455. The number of thiazole rings is 1. The zero-order valence-corrected chi connectivity index (χ0v) is 10.4. The fraction of sp³-hybridized carbons (Fsp3) is 0.273. The third kappa shape index (κ3) is 2.33. The van der Waals surface area contributed by atoms with Gasteiger partial charge in [0.25, 0.3) is 0 Å². The average molecular weight is 255 g/mol. The van der Waals surface area contributed by atoms with E-state index in [0.717, 1.165) is 16.6 Å². The van der Waals surface area contributed by atoms with Crippen molar-refractivity contribution in [3.05, 3.63) is 23.8 Å². The Bertz CT molecular complexity index is 524. The maximum absolute atomic E-state index is 11.1. The molecule has 1 heterocycles. The highest BCUT2D eigenvalue weighted by Crippen LogP contribution is 2.26. The number of rotatable bonds is 3. The van der Waals surface area contributed by atoms with Crippen molar-refractivity contribution in [1.29, 1.82) is 0 Å². The predicted molar refractivity (Wildman–Crippen MR) is 68.3 cm³/mol. The predicted octanol–water partition coefficient (Wildman–Crippen LogP) is 3.04. The number of benzene rings is 1. The van der Waals surface area contributed by atoms with E-state index < -0.39 is 0 Å². The van der Waals surface area contributed by atoms with Gasteiger partial charge in [-0.15, -0.1) is 11.6 Å². The maximum Gasteiger partial charge on any atom is 0.241 e. The molecule has 1 aromatic heterocycles. The SMILES string of the molecule is CCc1ccc2nc(NC(=O)CCl)sc2c1. The van der Waals surface area contributed by atoms with Gasteiger partial charge in [-0.25, -0.2) is 4.98 Å². The molecule has 2 rings (SSSR count). The Labute approximate surface area is 102 Å². The van der Waals surface area contributed by atoms with E-state index in [1.54, 1.807) is 0 Å². The van der Waals surface area contributed by atoms with Crippen LogP contribution in [-0.4, -0.2) is 16.8 Å². The quantitative estimate of drug-likeness (QED) is 0.856. The van der Waals surface area contributed by atoms with Gasteiger partial charge in [0, 0.05) is 0 Å². The van der Waals surface area contributed by atoms with Crippen LogP contribution >= 0.6 is 22.9 Å². The third-order valence-corrected chi connectivity index (χ3v) is 3.41. The Morgan fingerprint density at radius 2 is 2.38 bits per heavy atom. The van der Waals surface area contributed by atoms with E-state index >= 15 is 0 Å². The molecular weight excluding hydrogens is 244 g/mol. The van der Waals surface area contributed by atoms with Crippen molar-refractivity contribution in [1.82, 2.24) is 4.98 Å². The molecule has 2 aromatic rings. The number of carbonyl (C=O) groups excluding carboxylic acids is 1.